The van der Waals surface area contributed by atoms with Gasteiger partial charge in [0.2, 0.25) is 5.91 Å². The number of carbonyl (C=O) groups is 1. The standard InChI is InChI=1S/C15H18F2N2O2/c16-12-4-3-10(8-13(12)17)15-18-9-14(20)19(15)6-5-11-2-1-7-21-11/h3-4,8,11,15,18H,1-2,5-7,9H2. The molecular weight excluding hydrogens is 278 g/mol. The number of halogens is 2. The number of benzene rings is 1. The van der Waals surface area contributed by atoms with Crippen molar-refractivity contribution in [3.05, 3.63) is 35.4 Å². The smallest absolute Gasteiger partial charge is 0.238 e. The number of hydrogen-bond acceptors (Lipinski definition) is 3. The van der Waals surface area contributed by atoms with E-state index in [1.165, 1.54) is 6.07 Å². The third-order valence-corrected chi connectivity index (χ3v) is 4.05. The lowest BCUT2D eigenvalue weighted by atomic mass is 10.1. The molecule has 2 aliphatic heterocycles. The maximum Gasteiger partial charge on any atom is 0.238 e. The van der Waals surface area contributed by atoms with E-state index in [1.54, 1.807) is 4.90 Å². The first-order chi connectivity index (χ1) is 10.1. The normalized spacial score (nSPS) is 25.8. The van der Waals surface area contributed by atoms with Crippen LogP contribution >= 0.6 is 0 Å². The Morgan fingerprint density at radius 3 is 2.90 bits per heavy atom. The first-order valence-electron chi connectivity index (χ1n) is 7.24. The quantitative estimate of drug-likeness (QED) is 0.923. The average molecular weight is 296 g/mol. The van der Waals surface area contributed by atoms with Gasteiger partial charge in [0.05, 0.1) is 12.6 Å². The van der Waals surface area contributed by atoms with E-state index in [1.807, 2.05) is 0 Å². The first kappa shape index (κ1) is 14.4. The van der Waals surface area contributed by atoms with Crippen LogP contribution in [0.15, 0.2) is 18.2 Å². The Balaban J connectivity index is 1.70. The summed E-state index contributed by atoms with van der Waals surface area (Å²) in [6, 6.07) is 3.74. The average Bonchev–Trinajstić information content (AvgIpc) is 3.09. The molecule has 1 aromatic rings. The molecule has 1 aromatic carbocycles. The van der Waals surface area contributed by atoms with Gasteiger partial charge in [-0.1, -0.05) is 6.07 Å². The molecule has 0 aliphatic carbocycles. The molecule has 6 heteroatoms. The Morgan fingerprint density at radius 2 is 2.19 bits per heavy atom. The predicted octanol–water partition coefficient (Wildman–Crippen LogP) is 1.96. The molecule has 1 amide bonds. The van der Waals surface area contributed by atoms with E-state index in [0.29, 0.717) is 12.1 Å². The fourth-order valence-corrected chi connectivity index (χ4v) is 2.93. The zero-order valence-corrected chi connectivity index (χ0v) is 11.6. The van der Waals surface area contributed by atoms with Crippen LogP contribution in [0, 0.1) is 11.6 Å². The van der Waals surface area contributed by atoms with Crippen LogP contribution < -0.4 is 5.32 Å². The summed E-state index contributed by atoms with van der Waals surface area (Å²) in [5.74, 6) is -1.80. The van der Waals surface area contributed by atoms with Crippen molar-refractivity contribution in [3.8, 4) is 0 Å². The number of hydrogen-bond donors (Lipinski definition) is 1. The number of nitrogens with zero attached hydrogens (tertiary/aromatic N) is 1. The lowest BCUT2D eigenvalue weighted by Gasteiger charge is -2.25. The van der Waals surface area contributed by atoms with Crippen LogP contribution in [-0.2, 0) is 9.53 Å². The molecule has 0 saturated carbocycles. The van der Waals surface area contributed by atoms with Crippen molar-refractivity contribution in [3.63, 3.8) is 0 Å². The highest BCUT2D eigenvalue weighted by atomic mass is 19.2. The van der Waals surface area contributed by atoms with Crippen molar-refractivity contribution in [1.82, 2.24) is 10.2 Å². The van der Waals surface area contributed by atoms with Crippen molar-refractivity contribution in [1.29, 1.82) is 0 Å². The molecule has 2 heterocycles. The SMILES string of the molecule is O=C1CNC(c2ccc(F)c(F)c2)N1CCC1CCCO1. The van der Waals surface area contributed by atoms with Crippen LogP contribution in [0.25, 0.3) is 0 Å². The lowest BCUT2D eigenvalue weighted by molar-refractivity contribution is -0.128. The molecule has 2 atom stereocenters. The predicted molar refractivity (Wildman–Crippen MR) is 72.4 cm³/mol. The van der Waals surface area contributed by atoms with Gasteiger partial charge >= 0.3 is 0 Å². The second-order valence-corrected chi connectivity index (χ2v) is 5.47. The Morgan fingerprint density at radius 1 is 1.33 bits per heavy atom. The molecule has 2 fully saturated rings. The summed E-state index contributed by atoms with van der Waals surface area (Å²) in [5.41, 5.74) is 0.562. The van der Waals surface area contributed by atoms with Gasteiger partial charge in [0, 0.05) is 13.2 Å². The number of ether oxygens (including phenoxy) is 1. The highest BCUT2D eigenvalue weighted by molar-refractivity contribution is 5.80. The van der Waals surface area contributed by atoms with Crippen molar-refractivity contribution in [2.24, 2.45) is 0 Å². The zero-order valence-electron chi connectivity index (χ0n) is 11.6. The number of carbonyl (C=O) groups excluding carboxylic acids is 1. The molecule has 0 aromatic heterocycles. The second-order valence-electron chi connectivity index (χ2n) is 5.47. The van der Waals surface area contributed by atoms with Gasteiger partial charge in [-0.3, -0.25) is 10.1 Å². The third kappa shape index (κ3) is 3.06. The van der Waals surface area contributed by atoms with Gasteiger partial charge in [0.25, 0.3) is 0 Å². The van der Waals surface area contributed by atoms with Gasteiger partial charge in [-0.05, 0) is 37.0 Å². The summed E-state index contributed by atoms with van der Waals surface area (Å²) in [4.78, 5) is 13.6. The summed E-state index contributed by atoms with van der Waals surface area (Å²) in [6.45, 7) is 1.55. The van der Waals surface area contributed by atoms with E-state index in [0.717, 1.165) is 38.0 Å². The van der Waals surface area contributed by atoms with E-state index in [9.17, 15) is 13.6 Å². The van der Waals surface area contributed by atoms with Gasteiger partial charge in [-0.25, -0.2) is 8.78 Å². The first-order valence-corrected chi connectivity index (χ1v) is 7.24. The molecular formula is C15H18F2N2O2. The topological polar surface area (TPSA) is 41.6 Å². The van der Waals surface area contributed by atoms with Crippen LogP contribution in [0.4, 0.5) is 8.78 Å². The monoisotopic (exact) mass is 296 g/mol. The molecule has 0 bridgehead atoms. The molecule has 114 valence electrons. The van der Waals surface area contributed by atoms with E-state index < -0.39 is 17.8 Å². The van der Waals surface area contributed by atoms with Crippen molar-refractivity contribution in [2.75, 3.05) is 19.7 Å². The molecule has 3 rings (SSSR count). The second kappa shape index (κ2) is 6.07. The molecule has 4 nitrogen and oxygen atoms in total. The van der Waals surface area contributed by atoms with E-state index >= 15 is 0 Å². The minimum absolute atomic E-state index is 0.0252. The van der Waals surface area contributed by atoms with Crippen molar-refractivity contribution in [2.45, 2.75) is 31.5 Å². The molecule has 2 aliphatic rings. The third-order valence-electron chi connectivity index (χ3n) is 4.05. The molecule has 21 heavy (non-hydrogen) atoms. The molecule has 2 saturated heterocycles. The van der Waals surface area contributed by atoms with Crippen molar-refractivity contribution >= 4 is 5.91 Å². The molecule has 0 radical (unpaired) electrons. The maximum atomic E-state index is 13.4. The van der Waals surface area contributed by atoms with Crippen molar-refractivity contribution < 1.29 is 18.3 Å². The maximum absolute atomic E-state index is 13.4. The van der Waals surface area contributed by atoms with Crippen LogP contribution in [-0.4, -0.2) is 36.6 Å². The van der Waals surface area contributed by atoms with E-state index in [4.69, 9.17) is 4.74 Å². The lowest BCUT2D eigenvalue weighted by Crippen LogP contribution is -2.33. The minimum Gasteiger partial charge on any atom is -0.378 e. The Bertz CT molecular complexity index is 532. The van der Waals surface area contributed by atoms with E-state index in [-0.39, 0.29) is 18.6 Å². The highest BCUT2D eigenvalue weighted by Gasteiger charge is 2.32. The summed E-state index contributed by atoms with van der Waals surface area (Å²) in [6.07, 6.45) is 2.65. The summed E-state index contributed by atoms with van der Waals surface area (Å²) >= 11 is 0. The number of rotatable bonds is 4. The van der Waals surface area contributed by atoms with E-state index in [2.05, 4.69) is 5.32 Å². The summed E-state index contributed by atoms with van der Waals surface area (Å²) in [7, 11) is 0. The Hall–Kier alpha value is -1.53. The Kier molecular flexibility index (Phi) is 4.17. The number of nitrogens with one attached hydrogen (secondary N) is 1. The van der Waals surface area contributed by atoms with Gasteiger partial charge in [0.1, 0.15) is 6.17 Å². The van der Waals surface area contributed by atoms with Crippen LogP contribution in [0.2, 0.25) is 0 Å². The molecule has 1 N–H and O–H groups in total. The van der Waals surface area contributed by atoms with Gasteiger partial charge < -0.3 is 9.64 Å². The van der Waals surface area contributed by atoms with Gasteiger partial charge in [-0.2, -0.15) is 0 Å². The summed E-state index contributed by atoms with van der Waals surface area (Å²) in [5, 5.41) is 3.04. The van der Waals surface area contributed by atoms with Gasteiger partial charge in [-0.15, -0.1) is 0 Å². The van der Waals surface area contributed by atoms with Gasteiger partial charge in [0.15, 0.2) is 11.6 Å². The van der Waals surface area contributed by atoms with Crippen LogP contribution in [0.3, 0.4) is 0 Å². The van der Waals surface area contributed by atoms with Crippen LogP contribution in [0.5, 0.6) is 0 Å². The fourth-order valence-electron chi connectivity index (χ4n) is 2.93. The van der Waals surface area contributed by atoms with Crippen LogP contribution in [0.1, 0.15) is 31.0 Å². The Labute approximate surface area is 122 Å². The zero-order chi connectivity index (χ0) is 14.8. The number of amides is 1. The minimum atomic E-state index is -0.896. The molecule has 0 spiro atoms. The molecule has 2 unspecified atom stereocenters. The fraction of sp³-hybridized carbons (Fsp3) is 0.533. The summed E-state index contributed by atoms with van der Waals surface area (Å²) < 4.78 is 31.9. The largest absolute Gasteiger partial charge is 0.378 e. The highest BCUT2D eigenvalue weighted by Crippen LogP contribution is 2.25.